The maximum Gasteiger partial charge on any atom is 0.241 e. The zero-order valence-corrected chi connectivity index (χ0v) is 12.9. The van der Waals surface area contributed by atoms with Crippen LogP contribution in [0.25, 0.3) is 0 Å². The van der Waals surface area contributed by atoms with Crippen molar-refractivity contribution < 1.29 is 13.2 Å². The van der Waals surface area contributed by atoms with Crippen LogP contribution in [0, 0.1) is 0 Å². The molecule has 0 aliphatic heterocycles. The summed E-state index contributed by atoms with van der Waals surface area (Å²) in [6.07, 6.45) is 3.34. The molecule has 21 heavy (non-hydrogen) atoms. The van der Waals surface area contributed by atoms with Gasteiger partial charge in [-0.05, 0) is 32.8 Å². The van der Waals surface area contributed by atoms with E-state index in [1.807, 2.05) is 6.92 Å². The number of aromatic nitrogens is 1. The molecule has 1 fully saturated rings. The minimum atomic E-state index is -3.75. The van der Waals surface area contributed by atoms with Crippen molar-refractivity contribution in [2.45, 2.75) is 43.7 Å². The summed E-state index contributed by atoms with van der Waals surface area (Å²) in [6.45, 7) is 4.07. The summed E-state index contributed by atoms with van der Waals surface area (Å²) < 4.78 is 26.9. The summed E-state index contributed by atoms with van der Waals surface area (Å²) in [5.41, 5.74) is 0. The van der Waals surface area contributed by atoms with Crippen LogP contribution < -0.4 is 15.4 Å². The molecule has 1 heterocycles. The van der Waals surface area contributed by atoms with Gasteiger partial charge in [-0.25, -0.2) is 13.4 Å². The summed E-state index contributed by atoms with van der Waals surface area (Å²) >= 11 is 0. The first-order chi connectivity index (χ1) is 9.92. The lowest BCUT2D eigenvalue weighted by atomic mass is 10.3. The van der Waals surface area contributed by atoms with Crippen molar-refractivity contribution in [3.8, 4) is 0 Å². The number of carbonyl (C=O) groups is 1. The number of anilines is 1. The summed E-state index contributed by atoms with van der Waals surface area (Å²) in [6, 6.07) is 2.23. The van der Waals surface area contributed by atoms with Gasteiger partial charge in [0, 0.05) is 24.8 Å². The van der Waals surface area contributed by atoms with Crippen molar-refractivity contribution in [1.82, 2.24) is 15.0 Å². The quantitative estimate of drug-likeness (QED) is 0.679. The van der Waals surface area contributed by atoms with Crippen molar-refractivity contribution >= 4 is 21.7 Å². The molecule has 2 rings (SSSR count). The molecule has 1 aromatic rings. The monoisotopic (exact) mass is 312 g/mol. The lowest BCUT2D eigenvalue weighted by Crippen LogP contribution is -2.45. The van der Waals surface area contributed by atoms with Crippen LogP contribution >= 0.6 is 0 Å². The van der Waals surface area contributed by atoms with E-state index in [-0.39, 0.29) is 16.8 Å². The van der Waals surface area contributed by atoms with Crippen molar-refractivity contribution in [2.24, 2.45) is 0 Å². The van der Waals surface area contributed by atoms with Crippen LogP contribution in [0.5, 0.6) is 0 Å². The molecule has 0 radical (unpaired) electrons. The number of nitrogens with one attached hydrogen (secondary N) is 3. The van der Waals surface area contributed by atoms with Crippen molar-refractivity contribution in [1.29, 1.82) is 0 Å². The third-order valence-corrected chi connectivity index (χ3v) is 4.59. The Labute approximate surface area is 124 Å². The van der Waals surface area contributed by atoms with Crippen LogP contribution in [-0.4, -0.2) is 37.9 Å². The lowest BCUT2D eigenvalue weighted by Gasteiger charge is -2.14. The van der Waals surface area contributed by atoms with Gasteiger partial charge in [0.25, 0.3) is 0 Å². The van der Waals surface area contributed by atoms with Crippen molar-refractivity contribution in [3.05, 3.63) is 18.3 Å². The van der Waals surface area contributed by atoms with Gasteiger partial charge in [0.2, 0.25) is 15.9 Å². The van der Waals surface area contributed by atoms with Crippen LogP contribution in [-0.2, 0) is 14.8 Å². The van der Waals surface area contributed by atoms with E-state index in [2.05, 4.69) is 20.3 Å². The smallest absolute Gasteiger partial charge is 0.241 e. The summed E-state index contributed by atoms with van der Waals surface area (Å²) in [5.74, 6) is 0.178. The van der Waals surface area contributed by atoms with Crippen LogP contribution in [0.4, 0.5) is 5.82 Å². The van der Waals surface area contributed by atoms with Crippen LogP contribution in [0.15, 0.2) is 23.2 Å². The Bertz CT molecular complexity index is 614. The standard InChI is InChI=1S/C13H20N4O3S/c1-3-14-12-8-11(6-7-15-12)21(19,20)17-9(2)13(18)16-10-4-5-10/h6-10,17H,3-5H2,1-2H3,(H,14,15)(H,16,18). The Morgan fingerprint density at radius 1 is 1.48 bits per heavy atom. The number of pyridine rings is 1. The van der Waals surface area contributed by atoms with E-state index in [1.165, 1.54) is 25.3 Å². The average Bonchev–Trinajstić information content (AvgIpc) is 3.23. The molecule has 1 aromatic heterocycles. The molecule has 0 bridgehead atoms. The molecule has 1 saturated carbocycles. The van der Waals surface area contributed by atoms with Gasteiger partial charge in [-0.15, -0.1) is 0 Å². The molecule has 1 aliphatic carbocycles. The van der Waals surface area contributed by atoms with Crippen molar-refractivity contribution in [3.63, 3.8) is 0 Å². The number of hydrogen-bond acceptors (Lipinski definition) is 5. The first kappa shape index (κ1) is 15.7. The molecule has 116 valence electrons. The van der Waals surface area contributed by atoms with Gasteiger partial charge in [-0.1, -0.05) is 0 Å². The third-order valence-electron chi connectivity index (χ3n) is 3.05. The minimum absolute atomic E-state index is 0.0829. The second-order valence-corrected chi connectivity index (χ2v) is 6.75. The zero-order chi connectivity index (χ0) is 15.5. The minimum Gasteiger partial charge on any atom is -0.370 e. The lowest BCUT2D eigenvalue weighted by molar-refractivity contribution is -0.122. The first-order valence-corrected chi connectivity index (χ1v) is 8.43. The summed E-state index contributed by atoms with van der Waals surface area (Å²) in [5, 5.41) is 5.72. The fourth-order valence-electron chi connectivity index (χ4n) is 1.76. The molecule has 0 saturated heterocycles. The molecule has 7 nitrogen and oxygen atoms in total. The van der Waals surface area contributed by atoms with E-state index in [1.54, 1.807) is 0 Å². The average molecular weight is 312 g/mol. The largest absolute Gasteiger partial charge is 0.370 e. The molecule has 1 atom stereocenters. The number of amides is 1. The normalized spacial score (nSPS) is 16.3. The number of sulfonamides is 1. The van der Waals surface area contributed by atoms with E-state index in [0.29, 0.717) is 12.4 Å². The van der Waals surface area contributed by atoms with Crippen LogP contribution in [0.1, 0.15) is 26.7 Å². The Morgan fingerprint density at radius 2 is 2.19 bits per heavy atom. The fraction of sp³-hybridized carbons (Fsp3) is 0.538. The number of carbonyl (C=O) groups excluding carboxylic acids is 1. The SMILES string of the molecule is CCNc1cc(S(=O)(=O)NC(C)C(=O)NC2CC2)ccn1. The Morgan fingerprint density at radius 3 is 2.81 bits per heavy atom. The highest BCUT2D eigenvalue weighted by Crippen LogP contribution is 2.19. The Balaban J connectivity index is 2.06. The highest BCUT2D eigenvalue weighted by molar-refractivity contribution is 7.89. The third kappa shape index (κ3) is 4.40. The van der Waals surface area contributed by atoms with E-state index in [4.69, 9.17) is 0 Å². The van der Waals surface area contributed by atoms with Gasteiger partial charge in [-0.2, -0.15) is 4.72 Å². The van der Waals surface area contributed by atoms with Gasteiger partial charge < -0.3 is 10.6 Å². The van der Waals surface area contributed by atoms with E-state index >= 15 is 0 Å². The molecule has 1 unspecified atom stereocenters. The second-order valence-electron chi connectivity index (χ2n) is 5.03. The van der Waals surface area contributed by atoms with E-state index in [9.17, 15) is 13.2 Å². The molecular weight excluding hydrogens is 292 g/mol. The molecule has 8 heteroatoms. The molecular formula is C13H20N4O3S. The number of nitrogens with zero attached hydrogens (tertiary/aromatic N) is 1. The Hall–Kier alpha value is -1.67. The van der Waals surface area contributed by atoms with Crippen LogP contribution in [0.2, 0.25) is 0 Å². The highest BCUT2D eigenvalue weighted by atomic mass is 32.2. The van der Waals surface area contributed by atoms with Gasteiger partial charge >= 0.3 is 0 Å². The van der Waals surface area contributed by atoms with Gasteiger partial charge in [0.15, 0.2) is 0 Å². The number of hydrogen-bond donors (Lipinski definition) is 3. The predicted octanol–water partition coefficient (Wildman–Crippen LogP) is 0.459. The van der Waals surface area contributed by atoms with Crippen molar-refractivity contribution in [2.75, 3.05) is 11.9 Å². The molecule has 0 spiro atoms. The summed E-state index contributed by atoms with van der Waals surface area (Å²) in [7, 11) is -3.75. The second kappa shape index (κ2) is 6.40. The summed E-state index contributed by atoms with van der Waals surface area (Å²) in [4.78, 5) is 15.9. The van der Waals surface area contributed by atoms with Gasteiger partial charge in [-0.3, -0.25) is 4.79 Å². The Kier molecular flexibility index (Phi) is 4.79. The van der Waals surface area contributed by atoms with E-state index in [0.717, 1.165) is 12.8 Å². The van der Waals surface area contributed by atoms with Gasteiger partial charge in [0.1, 0.15) is 5.82 Å². The van der Waals surface area contributed by atoms with Gasteiger partial charge in [0.05, 0.1) is 10.9 Å². The van der Waals surface area contributed by atoms with E-state index < -0.39 is 16.1 Å². The predicted molar refractivity (Wildman–Crippen MR) is 79.3 cm³/mol. The fourth-order valence-corrected chi connectivity index (χ4v) is 2.98. The maximum atomic E-state index is 12.3. The maximum absolute atomic E-state index is 12.3. The topological polar surface area (TPSA) is 100 Å². The molecule has 3 N–H and O–H groups in total. The van der Waals surface area contributed by atoms with Crippen LogP contribution in [0.3, 0.4) is 0 Å². The molecule has 0 aromatic carbocycles. The zero-order valence-electron chi connectivity index (χ0n) is 12.1. The number of rotatable bonds is 7. The first-order valence-electron chi connectivity index (χ1n) is 6.95. The highest BCUT2D eigenvalue weighted by Gasteiger charge is 2.28. The molecule has 1 amide bonds. The molecule has 1 aliphatic rings.